The van der Waals surface area contributed by atoms with E-state index in [4.69, 9.17) is 14.2 Å². The molecule has 0 aromatic heterocycles. The first kappa shape index (κ1) is 18.5. The van der Waals surface area contributed by atoms with Crippen LogP contribution >= 0.6 is 0 Å². The van der Waals surface area contributed by atoms with Gasteiger partial charge in [-0.3, -0.25) is 4.79 Å². The van der Waals surface area contributed by atoms with Crippen LogP contribution in [0.3, 0.4) is 0 Å². The standard InChI is InChI=1S/C23H22O4/c1-16-13-21(25-2)22(26-3)14-19(16)15-27-20-11-9-18(10-12-20)23(24)17-7-5-4-6-8-17/h4-14H,15H2,1-3H3. The SMILES string of the molecule is COc1cc(C)c(COc2ccc(C(=O)c3ccccc3)cc2)cc1OC. The number of ether oxygens (including phenoxy) is 3. The zero-order chi connectivity index (χ0) is 19.2. The molecule has 3 rings (SSSR count). The molecule has 0 atom stereocenters. The van der Waals surface area contributed by atoms with Crippen LogP contribution in [0.25, 0.3) is 0 Å². The van der Waals surface area contributed by atoms with E-state index in [1.54, 1.807) is 26.4 Å². The van der Waals surface area contributed by atoms with Crippen LogP contribution in [0.4, 0.5) is 0 Å². The minimum atomic E-state index is -0.00196. The van der Waals surface area contributed by atoms with Gasteiger partial charge in [-0.1, -0.05) is 30.3 Å². The maximum atomic E-state index is 12.4. The first-order chi connectivity index (χ1) is 13.1. The number of aryl methyl sites for hydroxylation is 1. The van der Waals surface area contributed by atoms with Gasteiger partial charge < -0.3 is 14.2 Å². The summed E-state index contributed by atoms with van der Waals surface area (Å²) < 4.78 is 16.5. The van der Waals surface area contributed by atoms with Gasteiger partial charge in [-0.15, -0.1) is 0 Å². The van der Waals surface area contributed by atoms with Crippen LogP contribution in [0.1, 0.15) is 27.0 Å². The van der Waals surface area contributed by atoms with E-state index in [0.717, 1.165) is 11.1 Å². The highest BCUT2D eigenvalue weighted by Crippen LogP contribution is 2.30. The lowest BCUT2D eigenvalue weighted by molar-refractivity contribution is 0.103. The molecule has 0 aliphatic carbocycles. The third-order valence-electron chi connectivity index (χ3n) is 4.39. The lowest BCUT2D eigenvalue weighted by atomic mass is 10.0. The van der Waals surface area contributed by atoms with Crippen molar-refractivity contribution in [1.29, 1.82) is 0 Å². The van der Waals surface area contributed by atoms with Crippen LogP contribution in [0.5, 0.6) is 17.2 Å². The van der Waals surface area contributed by atoms with E-state index in [1.165, 1.54) is 0 Å². The summed E-state index contributed by atoms with van der Waals surface area (Å²) in [6, 6.07) is 20.3. The third-order valence-corrected chi connectivity index (χ3v) is 4.39. The van der Waals surface area contributed by atoms with Gasteiger partial charge in [-0.05, 0) is 54.4 Å². The zero-order valence-electron chi connectivity index (χ0n) is 15.7. The maximum absolute atomic E-state index is 12.4. The smallest absolute Gasteiger partial charge is 0.193 e. The molecule has 138 valence electrons. The van der Waals surface area contributed by atoms with E-state index < -0.39 is 0 Å². The number of hydrogen-bond acceptors (Lipinski definition) is 4. The molecule has 0 fully saturated rings. The fourth-order valence-corrected chi connectivity index (χ4v) is 2.80. The summed E-state index contributed by atoms with van der Waals surface area (Å²) in [6.07, 6.45) is 0. The number of benzene rings is 3. The van der Waals surface area contributed by atoms with Crippen molar-refractivity contribution in [2.75, 3.05) is 14.2 Å². The van der Waals surface area contributed by atoms with Gasteiger partial charge in [0, 0.05) is 11.1 Å². The Morgan fingerprint density at radius 2 is 1.41 bits per heavy atom. The normalized spacial score (nSPS) is 10.3. The molecule has 0 N–H and O–H groups in total. The highest BCUT2D eigenvalue weighted by atomic mass is 16.5. The molecule has 27 heavy (non-hydrogen) atoms. The first-order valence-electron chi connectivity index (χ1n) is 8.66. The summed E-state index contributed by atoms with van der Waals surface area (Å²) in [4.78, 5) is 12.4. The average molecular weight is 362 g/mol. The highest BCUT2D eigenvalue weighted by molar-refractivity contribution is 6.08. The summed E-state index contributed by atoms with van der Waals surface area (Å²) in [6.45, 7) is 2.40. The molecule has 0 saturated carbocycles. The predicted molar refractivity (Wildman–Crippen MR) is 105 cm³/mol. The van der Waals surface area contributed by atoms with Crippen LogP contribution in [0.2, 0.25) is 0 Å². The lowest BCUT2D eigenvalue weighted by Crippen LogP contribution is -2.02. The molecule has 3 aromatic carbocycles. The average Bonchev–Trinajstić information content (AvgIpc) is 2.73. The number of rotatable bonds is 7. The van der Waals surface area contributed by atoms with Crippen molar-refractivity contribution in [2.24, 2.45) is 0 Å². The number of ketones is 1. The predicted octanol–water partition coefficient (Wildman–Crippen LogP) is 4.82. The van der Waals surface area contributed by atoms with Gasteiger partial charge in [0.1, 0.15) is 12.4 Å². The van der Waals surface area contributed by atoms with Gasteiger partial charge >= 0.3 is 0 Å². The van der Waals surface area contributed by atoms with Crippen LogP contribution in [-0.4, -0.2) is 20.0 Å². The molecule has 0 bridgehead atoms. The molecule has 3 aromatic rings. The van der Waals surface area contributed by atoms with E-state index in [0.29, 0.717) is 35.0 Å². The van der Waals surface area contributed by atoms with Gasteiger partial charge in [0.2, 0.25) is 0 Å². The maximum Gasteiger partial charge on any atom is 0.193 e. The van der Waals surface area contributed by atoms with Crippen molar-refractivity contribution in [2.45, 2.75) is 13.5 Å². The largest absolute Gasteiger partial charge is 0.493 e. The van der Waals surface area contributed by atoms with E-state index in [9.17, 15) is 4.79 Å². The summed E-state index contributed by atoms with van der Waals surface area (Å²) in [5.74, 6) is 2.07. The van der Waals surface area contributed by atoms with Crippen LogP contribution < -0.4 is 14.2 Å². The number of hydrogen-bond donors (Lipinski definition) is 0. The van der Waals surface area contributed by atoms with Crippen molar-refractivity contribution in [1.82, 2.24) is 0 Å². The van der Waals surface area contributed by atoms with Crippen LogP contribution in [0.15, 0.2) is 66.7 Å². The van der Waals surface area contributed by atoms with E-state index in [2.05, 4.69) is 0 Å². The number of carbonyl (C=O) groups is 1. The highest BCUT2D eigenvalue weighted by Gasteiger charge is 2.10. The molecule has 0 aliphatic heterocycles. The molecule has 0 unspecified atom stereocenters. The second kappa shape index (κ2) is 8.41. The number of methoxy groups -OCH3 is 2. The molecule has 0 spiro atoms. The third kappa shape index (κ3) is 4.29. The molecule has 4 heteroatoms. The molecular formula is C23H22O4. The minimum Gasteiger partial charge on any atom is -0.493 e. The summed E-state index contributed by atoms with van der Waals surface area (Å²) >= 11 is 0. The quantitative estimate of drug-likeness (QED) is 0.565. The Morgan fingerprint density at radius 1 is 0.815 bits per heavy atom. The number of carbonyl (C=O) groups excluding carboxylic acids is 1. The van der Waals surface area contributed by atoms with Gasteiger partial charge in [0.25, 0.3) is 0 Å². The summed E-state index contributed by atoms with van der Waals surface area (Å²) in [5, 5.41) is 0. The fraction of sp³-hybridized carbons (Fsp3) is 0.174. The molecule has 4 nitrogen and oxygen atoms in total. The Balaban J connectivity index is 1.70. The Labute approximate surface area is 159 Å². The first-order valence-corrected chi connectivity index (χ1v) is 8.66. The van der Waals surface area contributed by atoms with Gasteiger partial charge in [0.15, 0.2) is 17.3 Å². The Bertz CT molecular complexity index is 915. The van der Waals surface area contributed by atoms with Gasteiger partial charge in [0.05, 0.1) is 14.2 Å². The summed E-state index contributed by atoms with van der Waals surface area (Å²) in [7, 11) is 3.23. The topological polar surface area (TPSA) is 44.8 Å². The fourth-order valence-electron chi connectivity index (χ4n) is 2.80. The van der Waals surface area contributed by atoms with Gasteiger partial charge in [-0.25, -0.2) is 0 Å². The zero-order valence-corrected chi connectivity index (χ0v) is 15.7. The Hall–Kier alpha value is -3.27. The monoisotopic (exact) mass is 362 g/mol. The van der Waals surface area contributed by atoms with Crippen molar-refractivity contribution in [3.05, 3.63) is 89.0 Å². The van der Waals surface area contributed by atoms with Crippen LogP contribution in [0, 0.1) is 6.92 Å². The minimum absolute atomic E-state index is 0.00196. The van der Waals surface area contributed by atoms with Crippen molar-refractivity contribution in [3.8, 4) is 17.2 Å². The summed E-state index contributed by atoms with van der Waals surface area (Å²) in [5.41, 5.74) is 3.38. The van der Waals surface area contributed by atoms with Crippen molar-refractivity contribution < 1.29 is 19.0 Å². The molecule has 0 saturated heterocycles. The molecule has 0 heterocycles. The van der Waals surface area contributed by atoms with Gasteiger partial charge in [-0.2, -0.15) is 0 Å². The van der Waals surface area contributed by atoms with E-state index in [1.807, 2.05) is 61.5 Å². The Morgan fingerprint density at radius 3 is 2.04 bits per heavy atom. The van der Waals surface area contributed by atoms with Crippen LogP contribution in [-0.2, 0) is 6.61 Å². The van der Waals surface area contributed by atoms with Crippen molar-refractivity contribution >= 4 is 5.78 Å². The lowest BCUT2D eigenvalue weighted by Gasteiger charge is -2.13. The second-order valence-electron chi connectivity index (χ2n) is 6.14. The molecule has 0 amide bonds. The van der Waals surface area contributed by atoms with Crippen molar-refractivity contribution in [3.63, 3.8) is 0 Å². The van der Waals surface area contributed by atoms with E-state index >= 15 is 0 Å². The van der Waals surface area contributed by atoms with E-state index in [-0.39, 0.29) is 5.78 Å². The Kier molecular flexibility index (Phi) is 5.77. The molecule has 0 radical (unpaired) electrons. The second-order valence-corrected chi connectivity index (χ2v) is 6.14. The molecular weight excluding hydrogens is 340 g/mol. The molecule has 0 aliphatic rings.